The van der Waals surface area contributed by atoms with Crippen LogP contribution in [0, 0.1) is 0 Å². The van der Waals surface area contributed by atoms with Gasteiger partial charge in [0.05, 0.1) is 21.4 Å². The molecule has 1 saturated heterocycles. The highest BCUT2D eigenvalue weighted by molar-refractivity contribution is 6.42. The molecule has 5 rings (SSSR count). The number of aromatic nitrogens is 1. The number of halogens is 2. The minimum atomic E-state index is -0.160. The molecule has 166 valence electrons. The number of pyridine rings is 1. The first-order valence-corrected chi connectivity index (χ1v) is 11.6. The van der Waals surface area contributed by atoms with Gasteiger partial charge in [0, 0.05) is 37.3 Å². The number of piperazine rings is 1. The van der Waals surface area contributed by atoms with E-state index in [1.165, 1.54) is 0 Å². The predicted molar refractivity (Wildman–Crippen MR) is 137 cm³/mol. The second-order valence-electron chi connectivity index (χ2n) is 7.91. The van der Waals surface area contributed by atoms with Gasteiger partial charge in [0.1, 0.15) is 0 Å². The Morgan fingerprint density at radius 1 is 0.909 bits per heavy atom. The van der Waals surface area contributed by atoms with Crippen molar-refractivity contribution < 1.29 is 4.79 Å². The first kappa shape index (κ1) is 21.7. The van der Waals surface area contributed by atoms with Crippen molar-refractivity contribution in [3.05, 3.63) is 88.4 Å². The number of nitrogens with zero attached hydrogens (tertiary/aromatic N) is 2. The van der Waals surface area contributed by atoms with Crippen LogP contribution in [-0.2, 0) is 0 Å². The van der Waals surface area contributed by atoms with E-state index in [0.29, 0.717) is 21.3 Å². The summed E-state index contributed by atoms with van der Waals surface area (Å²) >= 11 is 12.3. The molecule has 3 aromatic carbocycles. The maximum atomic E-state index is 13.3. The minimum Gasteiger partial charge on any atom is -0.352 e. The summed E-state index contributed by atoms with van der Waals surface area (Å²) in [5.41, 5.74) is 2.95. The standard InChI is InChI=1S/C26H22Cl2N4O/c27-21-9-8-18(16-22(21)28)23-10-11-24(25(30-23)32-14-12-29-13-15-32)31-26(33)20-7-3-5-17-4-1-2-6-19(17)20/h1-11,16,29H,12-15H2,(H,31,33). The SMILES string of the molecule is O=C(Nc1ccc(-c2ccc(Cl)c(Cl)c2)nc1N1CCNCC1)c1cccc2ccccc12. The third-order valence-corrected chi connectivity index (χ3v) is 6.53. The fourth-order valence-electron chi connectivity index (χ4n) is 4.09. The van der Waals surface area contributed by atoms with Crippen molar-refractivity contribution in [2.45, 2.75) is 0 Å². The van der Waals surface area contributed by atoms with E-state index >= 15 is 0 Å². The summed E-state index contributed by atoms with van der Waals surface area (Å²) in [6.07, 6.45) is 0. The van der Waals surface area contributed by atoms with Crippen molar-refractivity contribution in [2.24, 2.45) is 0 Å². The molecule has 33 heavy (non-hydrogen) atoms. The van der Waals surface area contributed by atoms with Crippen LogP contribution in [0.1, 0.15) is 10.4 Å². The largest absolute Gasteiger partial charge is 0.352 e. The van der Waals surface area contributed by atoms with Crippen LogP contribution in [0.4, 0.5) is 11.5 Å². The zero-order chi connectivity index (χ0) is 22.8. The maximum absolute atomic E-state index is 13.3. The molecule has 1 aliphatic heterocycles. The Hall–Kier alpha value is -3.12. The Labute approximate surface area is 202 Å². The molecular formula is C26H22Cl2N4O. The van der Waals surface area contributed by atoms with Crippen LogP contribution in [0.2, 0.25) is 10.0 Å². The summed E-state index contributed by atoms with van der Waals surface area (Å²) in [6, 6.07) is 22.9. The van der Waals surface area contributed by atoms with Crippen molar-refractivity contribution in [1.82, 2.24) is 10.3 Å². The van der Waals surface area contributed by atoms with Crippen molar-refractivity contribution >= 4 is 51.4 Å². The first-order valence-electron chi connectivity index (χ1n) is 10.8. The molecule has 0 aliphatic carbocycles. The van der Waals surface area contributed by atoms with Crippen LogP contribution in [0.25, 0.3) is 22.0 Å². The van der Waals surface area contributed by atoms with Crippen LogP contribution >= 0.6 is 23.2 Å². The molecule has 2 heterocycles. The van der Waals surface area contributed by atoms with Crippen molar-refractivity contribution in [2.75, 3.05) is 36.4 Å². The quantitative estimate of drug-likeness (QED) is 0.386. The molecule has 1 aromatic heterocycles. The van der Waals surface area contributed by atoms with E-state index in [-0.39, 0.29) is 5.91 Å². The number of hydrogen-bond acceptors (Lipinski definition) is 4. The van der Waals surface area contributed by atoms with Gasteiger partial charge in [-0.25, -0.2) is 4.98 Å². The number of fused-ring (bicyclic) bond motifs is 1. The van der Waals surface area contributed by atoms with Crippen molar-refractivity contribution in [3.8, 4) is 11.3 Å². The van der Waals surface area contributed by atoms with E-state index in [9.17, 15) is 4.79 Å². The highest BCUT2D eigenvalue weighted by Crippen LogP contribution is 2.32. The monoisotopic (exact) mass is 476 g/mol. The molecule has 0 radical (unpaired) electrons. The topological polar surface area (TPSA) is 57.3 Å². The lowest BCUT2D eigenvalue weighted by Crippen LogP contribution is -2.44. The van der Waals surface area contributed by atoms with Crippen LogP contribution < -0.4 is 15.5 Å². The van der Waals surface area contributed by atoms with Crippen LogP contribution in [-0.4, -0.2) is 37.1 Å². The first-order chi connectivity index (χ1) is 16.1. The van der Waals surface area contributed by atoms with E-state index in [2.05, 4.69) is 15.5 Å². The predicted octanol–water partition coefficient (Wildman–Crippen LogP) is 5.87. The maximum Gasteiger partial charge on any atom is 0.256 e. The lowest BCUT2D eigenvalue weighted by Gasteiger charge is -2.30. The van der Waals surface area contributed by atoms with Gasteiger partial charge in [-0.05, 0) is 41.1 Å². The second-order valence-corrected chi connectivity index (χ2v) is 8.73. The fourth-order valence-corrected chi connectivity index (χ4v) is 4.39. The molecule has 2 N–H and O–H groups in total. The average molecular weight is 477 g/mol. The Balaban J connectivity index is 1.53. The lowest BCUT2D eigenvalue weighted by molar-refractivity contribution is 0.102. The third kappa shape index (κ3) is 4.53. The molecule has 5 nitrogen and oxygen atoms in total. The van der Waals surface area contributed by atoms with Gasteiger partial charge in [0.15, 0.2) is 5.82 Å². The van der Waals surface area contributed by atoms with Gasteiger partial charge in [-0.3, -0.25) is 4.79 Å². The van der Waals surface area contributed by atoms with Gasteiger partial charge in [0.25, 0.3) is 5.91 Å². The van der Waals surface area contributed by atoms with E-state index < -0.39 is 0 Å². The Bertz CT molecular complexity index is 1330. The number of carbonyl (C=O) groups is 1. The number of benzene rings is 3. The van der Waals surface area contributed by atoms with Crippen LogP contribution in [0.5, 0.6) is 0 Å². The summed E-state index contributed by atoms with van der Waals surface area (Å²) < 4.78 is 0. The number of rotatable bonds is 4. The van der Waals surface area contributed by atoms with E-state index in [4.69, 9.17) is 28.2 Å². The van der Waals surface area contributed by atoms with Gasteiger partial charge in [-0.1, -0.05) is 65.7 Å². The fraction of sp³-hybridized carbons (Fsp3) is 0.154. The second kappa shape index (κ2) is 9.40. The van der Waals surface area contributed by atoms with Gasteiger partial charge in [-0.2, -0.15) is 0 Å². The van der Waals surface area contributed by atoms with Gasteiger partial charge in [-0.15, -0.1) is 0 Å². The third-order valence-electron chi connectivity index (χ3n) is 5.79. The molecule has 7 heteroatoms. The summed E-state index contributed by atoms with van der Waals surface area (Å²) in [4.78, 5) is 20.4. The molecule has 4 aromatic rings. The van der Waals surface area contributed by atoms with Gasteiger partial charge < -0.3 is 15.5 Å². The highest BCUT2D eigenvalue weighted by atomic mass is 35.5. The summed E-state index contributed by atoms with van der Waals surface area (Å²) in [5, 5.41) is 9.39. The van der Waals surface area contributed by atoms with Gasteiger partial charge >= 0.3 is 0 Å². The van der Waals surface area contributed by atoms with E-state index in [0.717, 1.165) is 54.0 Å². The smallest absolute Gasteiger partial charge is 0.256 e. The number of nitrogens with one attached hydrogen (secondary N) is 2. The average Bonchev–Trinajstić information content (AvgIpc) is 2.86. The molecule has 0 saturated carbocycles. The minimum absolute atomic E-state index is 0.160. The molecule has 0 spiro atoms. The van der Waals surface area contributed by atoms with Crippen molar-refractivity contribution in [3.63, 3.8) is 0 Å². The zero-order valence-electron chi connectivity index (χ0n) is 17.8. The molecule has 0 atom stereocenters. The molecule has 0 bridgehead atoms. The van der Waals surface area contributed by atoms with Crippen LogP contribution in [0.15, 0.2) is 72.8 Å². The zero-order valence-corrected chi connectivity index (χ0v) is 19.3. The summed E-state index contributed by atoms with van der Waals surface area (Å²) in [5.74, 6) is 0.584. The highest BCUT2D eigenvalue weighted by Gasteiger charge is 2.20. The number of amides is 1. The Kier molecular flexibility index (Phi) is 6.18. The molecule has 1 fully saturated rings. The van der Waals surface area contributed by atoms with E-state index in [1.807, 2.05) is 66.7 Å². The number of anilines is 2. The van der Waals surface area contributed by atoms with Crippen molar-refractivity contribution in [1.29, 1.82) is 0 Å². The van der Waals surface area contributed by atoms with Gasteiger partial charge in [0.2, 0.25) is 0 Å². The number of carbonyl (C=O) groups excluding carboxylic acids is 1. The summed E-state index contributed by atoms with van der Waals surface area (Å²) in [7, 11) is 0. The molecule has 1 amide bonds. The molecular weight excluding hydrogens is 455 g/mol. The Morgan fingerprint density at radius 3 is 2.52 bits per heavy atom. The van der Waals surface area contributed by atoms with E-state index in [1.54, 1.807) is 6.07 Å². The summed E-state index contributed by atoms with van der Waals surface area (Å²) in [6.45, 7) is 3.31. The normalized spacial score (nSPS) is 13.8. The number of hydrogen-bond donors (Lipinski definition) is 2. The molecule has 0 unspecified atom stereocenters. The Morgan fingerprint density at radius 2 is 1.70 bits per heavy atom. The van der Waals surface area contributed by atoms with Crippen LogP contribution in [0.3, 0.4) is 0 Å². The lowest BCUT2D eigenvalue weighted by atomic mass is 10.0. The molecule has 1 aliphatic rings.